The first-order valence-electron chi connectivity index (χ1n) is 9.50. The van der Waals surface area contributed by atoms with Gasteiger partial charge in [-0.15, -0.1) is 0 Å². The second-order valence-corrected chi connectivity index (χ2v) is 7.18. The van der Waals surface area contributed by atoms with Crippen LogP contribution in [0.3, 0.4) is 0 Å². The summed E-state index contributed by atoms with van der Waals surface area (Å²) in [6.07, 6.45) is 7.01. The van der Waals surface area contributed by atoms with Crippen molar-refractivity contribution in [3.05, 3.63) is 63.3 Å². The molecule has 0 atom stereocenters. The van der Waals surface area contributed by atoms with Crippen LogP contribution in [-0.2, 0) is 6.54 Å². The molecular weight excluding hydrogens is 386 g/mol. The lowest BCUT2D eigenvalue weighted by atomic mass is 10.3. The van der Waals surface area contributed by atoms with E-state index in [4.69, 9.17) is 0 Å². The Kier molecular flexibility index (Phi) is 4.27. The molecule has 1 aliphatic carbocycles. The van der Waals surface area contributed by atoms with Crippen molar-refractivity contribution < 1.29 is 5.11 Å². The zero-order chi connectivity index (χ0) is 20.7. The molecule has 0 unspecified atom stereocenters. The number of H-pyrrole nitrogens is 2. The fourth-order valence-electron chi connectivity index (χ4n) is 3.05. The van der Waals surface area contributed by atoms with Crippen molar-refractivity contribution in [3.63, 3.8) is 0 Å². The largest absolute Gasteiger partial charge is 0.493 e. The molecule has 4 heterocycles. The minimum Gasteiger partial charge on any atom is -0.493 e. The number of nitrogens with one attached hydrogen (secondary N) is 2. The van der Waals surface area contributed by atoms with E-state index in [0.29, 0.717) is 29.0 Å². The van der Waals surface area contributed by atoms with Crippen molar-refractivity contribution in [3.8, 4) is 5.88 Å². The summed E-state index contributed by atoms with van der Waals surface area (Å²) >= 11 is 0. The number of aromatic nitrogens is 7. The van der Waals surface area contributed by atoms with Gasteiger partial charge in [-0.25, -0.2) is 9.79 Å². The van der Waals surface area contributed by atoms with Crippen LogP contribution in [0.2, 0.25) is 0 Å². The molecule has 11 heteroatoms. The molecule has 0 spiro atoms. The molecule has 4 aromatic heterocycles. The van der Waals surface area contributed by atoms with Crippen molar-refractivity contribution >= 4 is 17.7 Å². The molecule has 11 nitrogen and oxygen atoms in total. The molecule has 0 aromatic carbocycles. The van der Waals surface area contributed by atoms with Crippen LogP contribution in [0.15, 0.2) is 40.4 Å². The highest BCUT2D eigenvalue weighted by Gasteiger charge is 2.21. The molecule has 1 fully saturated rings. The summed E-state index contributed by atoms with van der Waals surface area (Å²) in [5.74, 6) is 0.235. The van der Waals surface area contributed by atoms with E-state index in [-0.39, 0.29) is 17.6 Å². The minimum atomic E-state index is -0.495. The lowest BCUT2D eigenvalue weighted by Gasteiger charge is -2.16. The van der Waals surface area contributed by atoms with Crippen LogP contribution in [0.5, 0.6) is 5.88 Å². The quantitative estimate of drug-likeness (QED) is 0.406. The van der Waals surface area contributed by atoms with Gasteiger partial charge in [0.05, 0.1) is 24.5 Å². The SMILES string of the molecule is CN(Cc1ccccn1)c1nc(=NC2CC2)n2ncc(=Cc3[nH]c(=O)[nH]c3O)c2n1. The summed E-state index contributed by atoms with van der Waals surface area (Å²) in [6.45, 7) is 0.527. The van der Waals surface area contributed by atoms with Crippen LogP contribution in [0.4, 0.5) is 5.95 Å². The summed E-state index contributed by atoms with van der Waals surface area (Å²) in [7, 11) is 1.89. The average Bonchev–Trinajstić information content (AvgIpc) is 3.37. The van der Waals surface area contributed by atoms with Crippen molar-refractivity contribution in [2.75, 3.05) is 11.9 Å². The lowest BCUT2D eigenvalue weighted by Crippen LogP contribution is -2.29. The van der Waals surface area contributed by atoms with E-state index in [9.17, 15) is 9.90 Å². The van der Waals surface area contributed by atoms with E-state index in [1.165, 1.54) is 0 Å². The average molecular weight is 405 g/mol. The summed E-state index contributed by atoms with van der Waals surface area (Å²) in [4.78, 5) is 36.5. The third kappa shape index (κ3) is 3.52. The van der Waals surface area contributed by atoms with Crippen molar-refractivity contribution in [1.82, 2.24) is 34.5 Å². The van der Waals surface area contributed by atoms with E-state index in [0.717, 1.165) is 18.5 Å². The van der Waals surface area contributed by atoms with E-state index in [2.05, 4.69) is 35.0 Å². The summed E-state index contributed by atoms with van der Waals surface area (Å²) < 4.78 is 1.57. The van der Waals surface area contributed by atoms with Gasteiger partial charge in [0.1, 0.15) is 5.69 Å². The minimum absolute atomic E-state index is 0.246. The fraction of sp³-hybridized carbons (Fsp3) is 0.263. The normalized spacial score (nSPS) is 15.2. The monoisotopic (exact) mass is 405 g/mol. The maximum atomic E-state index is 11.4. The van der Waals surface area contributed by atoms with E-state index < -0.39 is 5.69 Å². The molecule has 0 radical (unpaired) electrons. The standard InChI is InChI=1S/C19H19N9O2/c1-27(10-13-4-2-3-7-20-13)17-24-15-11(8-14-16(29)25-19(30)23-14)9-21-28(15)18(26-17)22-12-5-6-12/h2-4,7-9,12,29H,5-6,10H2,1H3,(H2,23,25,30). The maximum absolute atomic E-state index is 11.4. The van der Waals surface area contributed by atoms with Gasteiger partial charge in [0.25, 0.3) is 5.62 Å². The lowest BCUT2D eigenvalue weighted by molar-refractivity contribution is 0.454. The Balaban J connectivity index is 1.65. The zero-order valence-electron chi connectivity index (χ0n) is 16.1. The van der Waals surface area contributed by atoms with E-state index in [1.54, 1.807) is 23.0 Å². The number of fused-ring (bicyclic) bond motifs is 1. The first-order valence-corrected chi connectivity index (χ1v) is 9.50. The first-order chi connectivity index (χ1) is 14.6. The Morgan fingerprint density at radius 2 is 2.20 bits per heavy atom. The van der Waals surface area contributed by atoms with Gasteiger partial charge < -0.3 is 15.0 Å². The molecule has 4 aromatic rings. The number of nitrogens with zero attached hydrogens (tertiary/aromatic N) is 7. The molecule has 0 saturated heterocycles. The van der Waals surface area contributed by atoms with Crippen LogP contribution >= 0.6 is 0 Å². The van der Waals surface area contributed by atoms with E-state index in [1.807, 2.05) is 30.1 Å². The topological polar surface area (TPSA) is 140 Å². The smallest absolute Gasteiger partial charge is 0.326 e. The molecule has 1 saturated carbocycles. The fourth-order valence-corrected chi connectivity index (χ4v) is 3.05. The molecular formula is C19H19N9O2. The maximum Gasteiger partial charge on any atom is 0.326 e. The van der Waals surface area contributed by atoms with Gasteiger partial charge >= 0.3 is 5.69 Å². The Morgan fingerprint density at radius 3 is 2.90 bits per heavy atom. The van der Waals surface area contributed by atoms with Crippen LogP contribution in [-0.4, -0.2) is 52.7 Å². The summed E-state index contributed by atoms with van der Waals surface area (Å²) in [5, 5.41) is 14.9. The van der Waals surface area contributed by atoms with Crippen LogP contribution < -0.4 is 21.4 Å². The highest BCUT2D eigenvalue weighted by Crippen LogP contribution is 2.22. The number of imidazole rings is 1. The summed E-state index contributed by atoms with van der Waals surface area (Å²) in [5.41, 5.74) is 1.63. The van der Waals surface area contributed by atoms with Crippen molar-refractivity contribution in [2.24, 2.45) is 4.99 Å². The van der Waals surface area contributed by atoms with Crippen molar-refractivity contribution in [2.45, 2.75) is 25.4 Å². The van der Waals surface area contributed by atoms with Gasteiger partial charge in [-0.3, -0.25) is 9.97 Å². The Hall–Kier alpha value is -4.02. The molecule has 152 valence electrons. The number of pyridine rings is 1. The molecule has 0 aliphatic heterocycles. The Bertz CT molecular complexity index is 1380. The molecule has 3 N–H and O–H groups in total. The highest BCUT2D eigenvalue weighted by molar-refractivity contribution is 5.57. The number of aromatic hydroxyl groups is 1. The summed E-state index contributed by atoms with van der Waals surface area (Å²) in [6, 6.07) is 5.99. The van der Waals surface area contributed by atoms with Gasteiger partial charge in [0.15, 0.2) is 5.65 Å². The van der Waals surface area contributed by atoms with Gasteiger partial charge in [-0.2, -0.15) is 19.6 Å². The second-order valence-electron chi connectivity index (χ2n) is 7.18. The molecule has 1 aliphatic rings. The molecule has 0 amide bonds. The van der Waals surface area contributed by atoms with Crippen LogP contribution in [0, 0.1) is 0 Å². The van der Waals surface area contributed by atoms with E-state index >= 15 is 0 Å². The molecule has 30 heavy (non-hydrogen) atoms. The Morgan fingerprint density at radius 1 is 1.33 bits per heavy atom. The van der Waals surface area contributed by atoms with Gasteiger partial charge in [0.2, 0.25) is 11.8 Å². The third-order valence-corrected chi connectivity index (χ3v) is 4.71. The molecule has 5 rings (SSSR count). The van der Waals surface area contributed by atoms with Gasteiger partial charge in [-0.1, -0.05) is 6.07 Å². The third-order valence-electron chi connectivity index (χ3n) is 4.71. The predicted molar refractivity (Wildman–Crippen MR) is 108 cm³/mol. The van der Waals surface area contributed by atoms with Gasteiger partial charge in [0, 0.05) is 18.5 Å². The Labute approximate surface area is 169 Å². The molecule has 0 bridgehead atoms. The van der Waals surface area contributed by atoms with Crippen molar-refractivity contribution in [1.29, 1.82) is 0 Å². The van der Waals surface area contributed by atoms with Gasteiger partial charge in [-0.05, 0) is 31.1 Å². The number of rotatable bonds is 5. The second kappa shape index (κ2) is 7.10. The highest BCUT2D eigenvalue weighted by atomic mass is 16.3. The predicted octanol–water partition coefficient (Wildman–Crippen LogP) is -0.511. The number of hydrogen-bond acceptors (Lipinski definition) is 8. The van der Waals surface area contributed by atoms with Crippen LogP contribution in [0.25, 0.3) is 11.7 Å². The zero-order valence-corrected chi connectivity index (χ0v) is 16.1. The number of hydrogen-bond donors (Lipinski definition) is 3. The van der Waals surface area contributed by atoms with Crippen LogP contribution in [0.1, 0.15) is 24.2 Å². The number of aromatic amines is 2. The number of anilines is 1. The first kappa shape index (κ1) is 18.0.